The smallest absolute Gasteiger partial charge is 0.328 e. The maximum absolute atomic E-state index is 10.6. The third-order valence-corrected chi connectivity index (χ3v) is 3.47. The van der Waals surface area contributed by atoms with Crippen molar-refractivity contribution in [2.75, 3.05) is 0 Å². The molecule has 4 heteroatoms. The molecule has 0 saturated heterocycles. The van der Waals surface area contributed by atoms with Gasteiger partial charge in [-0.1, -0.05) is 55.5 Å². The average molecular weight is 320 g/mol. The summed E-state index contributed by atoms with van der Waals surface area (Å²) in [5.74, 6) is 4.27. The van der Waals surface area contributed by atoms with Crippen molar-refractivity contribution < 1.29 is 9.90 Å². The second-order valence-electron chi connectivity index (χ2n) is 5.22. The second-order valence-corrected chi connectivity index (χ2v) is 5.22. The van der Waals surface area contributed by atoms with Gasteiger partial charge in [-0.15, -0.1) is 0 Å². The molecule has 0 unspecified atom stereocenters. The second kappa shape index (κ2) is 8.48. The van der Waals surface area contributed by atoms with E-state index >= 15 is 0 Å². The van der Waals surface area contributed by atoms with Gasteiger partial charge in [0.2, 0.25) is 0 Å². The Bertz CT molecular complexity index is 788. The number of aliphatic carboxylic acids is 1. The lowest BCUT2D eigenvalue weighted by Gasteiger charge is -2.10. The number of benzene rings is 2. The van der Waals surface area contributed by atoms with Crippen molar-refractivity contribution in [2.24, 2.45) is 10.9 Å². The average Bonchev–Trinajstić information content (AvgIpc) is 2.59. The van der Waals surface area contributed by atoms with Crippen molar-refractivity contribution in [1.29, 1.82) is 0 Å². The third-order valence-electron chi connectivity index (χ3n) is 3.47. The highest BCUT2D eigenvalue weighted by atomic mass is 16.4. The summed E-state index contributed by atoms with van der Waals surface area (Å²) < 4.78 is 0. The van der Waals surface area contributed by atoms with E-state index in [2.05, 4.69) is 18.1 Å². The predicted octanol–water partition coefficient (Wildman–Crippen LogP) is 3.92. The molecule has 0 aliphatic carbocycles. The molecule has 0 heterocycles. The number of hydrogen-bond donors (Lipinski definition) is 2. The van der Waals surface area contributed by atoms with E-state index in [1.807, 2.05) is 48.5 Å². The normalized spacial score (nSPS) is 12.1. The molecule has 0 amide bonds. The summed E-state index contributed by atoms with van der Waals surface area (Å²) in [6.45, 7) is 2.09. The number of carbonyl (C=O) groups is 1. The summed E-state index contributed by atoms with van der Waals surface area (Å²) in [5, 5.41) is 12.3. The van der Waals surface area contributed by atoms with E-state index in [4.69, 9.17) is 10.9 Å². The summed E-state index contributed by atoms with van der Waals surface area (Å²) in [5.41, 5.74) is 5.08. The van der Waals surface area contributed by atoms with Crippen LogP contribution in [0.4, 0.5) is 0 Å². The quantitative estimate of drug-likeness (QED) is 0.366. The van der Waals surface area contributed by atoms with Gasteiger partial charge in [-0.25, -0.2) is 4.79 Å². The van der Waals surface area contributed by atoms with Gasteiger partial charge in [-0.2, -0.15) is 5.10 Å². The molecule has 0 aromatic heterocycles. The summed E-state index contributed by atoms with van der Waals surface area (Å²) in [6, 6.07) is 15.8. The maximum Gasteiger partial charge on any atom is 0.328 e. The van der Waals surface area contributed by atoms with Crippen LogP contribution < -0.4 is 5.84 Å². The highest BCUT2D eigenvalue weighted by Gasteiger charge is 2.05. The number of carboxylic acid groups (broad SMARTS) is 1. The predicted molar refractivity (Wildman–Crippen MR) is 98.7 cm³/mol. The number of carboxylic acids is 1. The van der Waals surface area contributed by atoms with E-state index < -0.39 is 5.97 Å². The van der Waals surface area contributed by atoms with Gasteiger partial charge in [-0.3, -0.25) is 0 Å². The number of nitrogens with two attached hydrogens (primary N) is 1. The Labute approximate surface area is 141 Å². The first-order valence-electron chi connectivity index (χ1n) is 7.69. The third kappa shape index (κ3) is 4.68. The SMILES string of the molecule is CC/C=C(/c1ccc(/C=C/C(=O)O)cc1)c1cccc(/C=N\N)c1. The molecular weight excluding hydrogens is 300 g/mol. The Kier molecular flexibility index (Phi) is 6.08. The molecule has 0 saturated carbocycles. The number of rotatable bonds is 6. The van der Waals surface area contributed by atoms with Gasteiger partial charge in [0, 0.05) is 6.08 Å². The van der Waals surface area contributed by atoms with Crippen LogP contribution in [-0.4, -0.2) is 17.3 Å². The lowest BCUT2D eigenvalue weighted by atomic mass is 9.95. The van der Waals surface area contributed by atoms with Gasteiger partial charge in [0.05, 0.1) is 6.21 Å². The number of allylic oxidation sites excluding steroid dienone is 1. The van der Waals surface area contributed by atoms with Gasteiger partial charge in [0.15, 0.2) is 0 Å². The van der Waals surface area contributed by atoms with Crippen LogP contribution in [0.15, 0.2) is 65.8 Å². The standard InChI is InChI=1S/C20H20N2O2/c1-2-4-19(18-6-3-5-16(13-18)14-22-21)17-10-7-15(8-11-17)9-12-20(23)24/h3-14H,2,21H2,1H3,(H,23,24)/b12-9+,19-4-,22-14-. The fourth-order valence-corrected chi connectivity index (χ4v) is 2.42. The Morgan fingerprint density at radius 2 is 1.88 bits per heavy atom. The molecule has 0 spiro atoms. The van der Waals surface area contributed by atoms with Crippen LogP contribution in [0.2, 0.25) is 0 Å². The van der Waals surface area contributed by atoms with Crippen molar-refractivity contribution >= 4 is 23.8 Å². The van der Waals surface area contributed by atoms with Crippen LogP contribution in [0, 0.1) is 0 Å². The van der Waals surface area contributed by atoms with Crippen LogP contribution in [-0.2, 0) is 4.79 Å². The Morgan fingerprint density at radius 3 is 2.50 bits per heavy atom. The molecule has 0 bridgehead atoms. The van der Waals surface area contributed by atoms with Crippen molar-refractivity contribution in [3.63, 3.8) is 0 Å². The molecule has 0 fully saturated rings. The molecule has 122 valence electrons. The Morgan fingerprint density at radius 1 is 1.12 bits per heavy atom. The highest BCUT2D eigenvalue weighted by Crippen LogP contribution is 2.25. The van der Waals surface area contributed by atoms with E-state index in [1.54, 1.807) is 12.3 Å². The fraction of sp³-hybridized carbons (Fsp3) is 0.100. The minimum atomic E-state index is -0.955. The van der Waals surface area contributed by atoms with Gasteiger partial charge in [-0.05, 0) is 46.4 Å². The molecule has 0 radical (unpaired) electrons. The molecule has 0 aliphatic rings. The fourth-order valence-electron chi connectivity index (χ4n) is 2.42. The molecule has 4 nitrogen and oxygen atoms in total. The first-order chi connectivity index (χ1) is 11.6. The number of nitrogens with zero attached hydrogens (tertiary/aromatic N) is 1. The van der Waals surface area contributed by atoms with Crippen LogP contribution >= 0.6 is 0 Å². The molecule has 2 aromatic rings. The molecule has 0 atom stereocenters. The van der Waals surface area contributed by atoms with E-state index in [-0.39, 0.29) is 0 Å². The minimum Gasteiger partial charge on any atom is -0.478 e. The summed E-state index contributed by atoms with van der Waals surface area (Å²) in [4.78, 5) is 10.6. The van der Waals surface area contributed by atoms with E-state index in [9.17, 15) is 4.79 Å². The summed E-state index contributed by atoms with van der Waals surface area (Å²) >= 11 is 0. The van der Waals surface area contributed by atoms with Crippen molar-refractivity contribution in [3.8, 4) is 0 Å². The zero-order valence-corrected chi connectivity index (χ0v) is 13.5. The molecule has 0 aliphatic heterocycles. The molecule has 3 N–H and O–H groups in total. The lowest BCUT2D eigenvalue weighted by molar-refractivity contribution is -0.131. The Hall–Kier alpha value is -3.14. The van der Waals surface area contributed by atoms with Crippen molar-refractivity contribution in [2.45, 2.75) is 13.3 Å². The minimum absolute atomic E-state index is 0.848. The topological polar surface area (TPSA) is 75.7 Å². The summed E-state index contributed by atoms with van der Waals surface area (Å²) in [7, 11) is 0. The molecular formula is C20H20N2O2. The Balaban J connectivity index is 2.36. The zero-order chi connectivity index (χ0) is 17.4. The van der Waals surface area contributed by atoms with Gasteiger partial charge >= 0.3 is 5.97 Å². The molecule has 2 rings (SSSR count). The summed E-state index contributed by atoms with van der Waals surface area (Å²) in [6.07, 6.45) is 7.40. The zero-order valence-electron chi connectivity index (χ0n) is 13.5. The van der Waals surface area contributed by atoms with Crippen LogP contribution in [0.5, 0.6) is 0 Å². The van der Waals surface area contributed by atoms with E-state index in [0.29, 0.717) is 0 Å². The van der Waals surface area contributed by atoms with Crippen LogP contribution in [0.3, 0.4) is 0 Å². The monoisotopic (exact) mass is 320 g/mol. The van der Waals surface area contributed by atoms with E-state index in [1.165, 1.54) is 0 Å². The van der Waals surface area contributed by atoms with Gasteiger partial charge in [0.1, 0.15) is 0 Å². The van der Waals surface area contributed by atoms with Crippen LogP contribution in [0.25, 0.3) is 11.6 Å². The number of hydrogen-bond acceptors (Lipinski definition) is 3. The molecule has 2 aromatic carbocycles. The first-order valence-corrected chi connectivity index (χ1v) is 7.69. The first kappa shape index (κ1) is 17.2. The van der Waals surface area contributed by atoms with E-state index in [0.717, 1.165) is 40.3 Å². The lowest BCUT2D eigenvalue weighted by Crippen LogP contribution is -1.92. The van der Waals surface area contributed by atoms with Crippen LogP contribution in [0.1, 0.15) is 35.6 Å². The largest absolute Gasteiger partial charge is 0.478 e. The van der Waals surface area contributed by atoms with Crippen molar-refractivity contribution in [1.82, 2.24) is 0 Å². The number of hydrazone groups is 1. The maximum atomic E-state index is 10.6. The van der Waals surface area contributed by atoms with Gasteiger partial charge < -0.3 is 10.9 Å². The van der Waals surface area contributed by atoms with Crippen molar-refractivity contribution in [3.05, 3.63) is 82.9 Å². The highest BCUT2D eigenvalue weighted by molar-refractivity contribution is 5.87. The molecule has 24 heavy (non-hydrogen) atoms. The van der Waals surface area contributed by atoms with Gasteiger partial charge in [0.25, 0.3) is 0 Å².